The maximum absolute atomic E-state index is 12.2. The number of hydrogen-bond donors (Lipinski definition) is 2. The van der Waals surface area contributed by atoms with Gasteiger partial charge in [-0.05, 0) is 48.6 Å². The van der Waals surface area contributed by atoms with Crippen LogP contribution >= 0.6 is 0 Å². The van der Waals surface area contributed by atoms with Gasteiger partial charge in [-0.15, -0.1) is 0 Å². The zero-order valence-corrected chi connectivity index (χ0v) is 10.8. The van der Waals surface area contributed by atoms with Crippen LogP contribution in [-0.2, 0) is 0 Å². The van der Waals surface area contributed by atoms with Crippen LogP contribution in [0.5, 0.6) is 0 Å². The second-order valence-electron chi connectivity index (χ2n) is 4.97. The molecule has 5 nitrogen and oxygen atoms in total. The molecular weight excluding hydrogens is 252 g/mol. The number of nitrogens with zero attached hydrogens (tertiary/aromatic N) is 2. The Morgan fingerprint density at radius 1 is 1.35 bits per heavy atom. The predicted molar refractivity (Wildman–Crippen MR) is 72.7 cm³/mol. The van der Waals surface area contributed by atoms with Gasteiger partial charge in [0.05, 0.1) is 6.04 Å². The Kier molecular flexibility index (Phi) is 3.21. The van der Waals surface area contributed by atoms with E-state index in [0.717, 1.165) is 18.4 Å². The minimum atomic E-state index is -0.180. The summed E-state index contributed by atoms with van der Waals surface area (Å²) in [5.74, 6) is 0.312. The molecule has 2 N–H and O–H groups in total. The van der Waals surface area contributed by atoms with Gasteiger partial charge in [-0.3, -0.25) is 9.78 Å². The summed E-state index contributed by atoms with van der Waals surface area (Å²) in [5.41, 5.74) is 1.88. The topological polar surface area (TPSA) is 81.6 Å². The Morgan fingerprint density at radius 3 is 2.70 bits per heavy atom. The van der Waals surface area contributed by atoms with E-state index in [0.29, 0.717) is 17.3 Å². The molecule has 1 aliphatic carbocycles. The van der Waals surface area contributed by atoms with Gasteiger partial charge in [-0.2, -0.15) is 5.26 Å². The summed E-state index contributed by atoms with van der Waals surface area (Å²) >= 11 is 0. The Balaban J connectivity index is 1.77. The molecule has 2 aromatic rings. The van der Waals surface area contributed by atoms with Crippen LogP contribution in [0, 0.1) is 17.2 Å². The molecule has 0 radical (unpaired) electrons. The first kappa shape index (κ1) is 12.4. The molecule has 0 aliphatic heterocycles. The quantitative estimate of drug-likeness (QED) is 0.889. The fourth-order valence-corrected chi connectivity index (χ4v) is 2.29. The smallest absolute Gasteiger partial charge is 0.268 e. The van der Waals surface area contributed by atoms with Crippen molar-refractivity contribution in [2.45, 2.75) is 18.9 Å². The molecule has 0 aromatic carbocycles. The van der Waals surface area contributed by atoms with Crippen LogP contribution < -0.4 is 5.32 Å². The van der Waals surface area contributed by atoms with Crippen LogP contribution in [0.4, 0.5) is 0 Å². The van der Waals surface area contributed by atoms with Gasteiger partial charge in [0, 0.05) is 12.4 Å². The van der Waals surface area contributed by atoms with Crippen molar-refractivity contribution in [1.29, 1.82) is 5.26 Å². The van der Waals surface area contributed by atoms with Crippen molar-refractivity contribution in [3.8, 4) is 6.07 Å². The number of H-pyrrole nitrogens is 1. The van der Waals surface area contributed by atoms with E-state index in [1.54, 1.807) is 24.5 Å². The first-order valence-electron chi connectivity index (χ1n) is 6.58. The number of hydrogen-bond acceptors (Lipinski definition) is 3. The van der Waals surface area contributed by atoms with Crippen LogP contribution in [0.25, 0.3) is 0 Å². The van der Waals surface area contributed by atoms with E-state index >= 15 is 0 Å². The molecule has 2 aromatic heterocycles. The summed E-state index contributed by atoms with van der Waals surface area (Å²) in [5, 5.41) is 11.8. The lowest BCUT2D eigenvalue weighted by atomic mass is 10.0. The van der Waals surface area contributed by atoms with Gasteiger partial charge < -0.3 is 10.3 Å². The van der Waals surface area contributed by atoms with Crippen molar-refractivity contribution in [1.82, 2.24) is 15.3 Å². The molecule has 2 heterocycles. The molecule has 1 atom stereocenters. The van der Waals surface area contributed by atoms with Crippen molar-refractivity contribution in [3.05, 3.63) is 53.6 Å². The van der Waals surface area contributed by atoms with Gasteiger partial charge in [-0.1, -0.05) is 0 Å². The molecule has 5 heteroatoms. The fraction of sp³-hybridized carbons (Fsp3) is 0.267. The Morgan fingerprint density at radius 2 is 2.10 bits per heavy atom. The average molecular weight is 266 g/mol. The molecule has 3 rings (SSSR count). The first-order chi connectivity index (χ1) is 9.78. The van der Waals surface area contributed by atoms with Gasteiger partial charge in [0.1, 0.15) is 17.5 Å². The number of rotatable bonds is 4. The molecule has 0 spiro atoms. The van der Waals surface area contributed by atoms with Crippen molar-refractivity contribution in [3.63, 3.8) is 0 Å². The third-order valence-electron chi connectivity index (χ3n) is 3.50. The third kappa shape index (κ3) is 2.54. The number of aromatic amines is 1. The lowest BCUT2D eigenvalue weighted by molar-refractivity contribution is 0.0927. The highest BCUT2D eigenvalue weighted by molar-refractivity contribution is 5.93. The molecule has 1 amide bonds. The second-order valence-corrected chi connectivity index (χ2v) is 4.97. The van der Waals surface area contributed by atoms with Crippen LogP contribution in [0.3, 0.4) is 0 Å². The van der Waals surface area contributed by atoms with Crippen molar-refractivity contribution in [2.75, 3.05) is 0 Å². The molecule has 1 aliphatic rings. The van der Waals surface area contributed by atoms with Crippen molar-refractivity contribution >= 4 is 5.91 Å². The van der Waals surface area contributed by atoms with Crippen LogP contribution in [0.1, 0.15) is 40.6 Å². The molecule has 0 bridgehead atoms. The SMILES string of the molecule is N#Cc1ccc(C(=O)NC(c2ccncc2)C2CC2)[nH]1. The summed E-state index contributed by atoms with van der Waals surface area (Å²) in [7, 11) is 0. The van der Waals surface area contributed by atoms with E-state index in [1.165, 1.54) is 0 Å². The lowest BCUT2D eigenvalue weighted by Gasteiger charge is -2.18. The fourth-order valence-electron chi connectivity index (χ4n) is 2.29. The molecule has 1 unspecified atom stereocenters. The largest absolute Gasteiger partial charge is 0.344 e. The number of carbonyl (C=O) groups excluding carboxylic acids is 1. The highest BCUT2D eigenvalue weighted by atomic mass is 16.1. The number of nitrogens with one attached hydrogen (secondary N) is 2. The van der Waals surface area contributed by atoms with E-state index in [-0.39, 0.29) is 11.9 Å². The van der Waals surface area contributed by atoms with Crippen LogP contribution in [0.15, 0.2) is 36.7 Å². The molecule has 0 saturated heterocycles. The second kappa shape index (κ2) is 5.17. The van der Waals surface area contributed by atoms with E-state index in [9.17, 15) is 4.79 Å². The van der Waals surface area contributed by atoms with E-state index in [2.05, 4.69) is 15.3 Å². The van der Waals surface area contributed by atoms with E-state index in [4.69, 9.17) is 5.26 Å². The standard InChI is InChI=1S/C15H14N4O/c16-9-12-3-4-13(18-12)15(20)19-14(10-1-2-10)11-5-7-17-8-6-11/h3-8,10,14,18H,1-2H2,(H,19,20). The van der Waals surface area contributed by atoms with E-state index in [1.807, 2.05) is 18.2 Å². The Labute approximate surface area is 116 Å². The summed E-state index contributed by atoms with van der Waals surface area (Å²) in [6, 6.07) is 9.08. The average Bonchev–Trinajstić information content (AvgIpc) is 3.21. The number of amides is 1. The molecule has 20 heavy (non-hydrogen) atoms. The number of pyridine rings is 1. The molecule has 1 saturated carbocycles. The van der Waals surface area contributed by atoms with Gasteiger partial charge in [0.15, 0.2) is 0 Å². The zero-order valence-electron chi connectivity index (χ0n) is 10.8. The van der Waals surface area contributed by atoms with E-state index < -0.39 is 0 Å². The summed E-state index contributed by atoms with van der Waals surface area (Å²) in [6.07, 6.45) is 5.72. The van der Waals surface area contributed by atoms with Crippen LogP contribution in [0.2, 0.25) is 0 Å². The number of aromatic nitrogens is 2. The number of carbonyl (C=O) groups is 1. The minimum absolute atomic E-state index is 0.0133. The maximum atomic E-state index is 12.2. The predicted octanol–water partition coefficient (Wildman–Crippen LogP) is 2.16. The first-order valence-corrected chi connectivity index (χ1v) is 6.58. The summed E-state index contributed by atoms with van der Waals surface area (Å²) in [4.78, 5) is 19.0. The van der Waals surface area contributed by atoms with Gasteiger partial charge in [0.2, 0.25) is 0 Å². The highest BCUT2D eigenvalue weighted by Crippen LogP contribution is 2.40. The zero-order chi connectivity index (χ0) is 13.9. The molecule has 100 valence electrons. The Hall–Kier alpha value is -2.61. The number of nitriles is 1. The molecular formula is C15H14N4O. The maximum Gasteiger partial charge on any atom is 0.268 e. The monoisotopic (exact) mass is 266 g/mol. The van der Waals surface area contributed by atoms with Crippen LogP contribution in [-0.4, -0.2) is 15.9 Å². The Bertz CT molecular complexity index is 652. The highest BCUT2D eigenvalue weighted by Gasteiger charge is 2.33. The van der Waals surface area contributed by atoms with Crippen molar-refractivity contribution < 1.29 is 4.79 Å². The van der Waals surface area contributed by atoms with Gasteiger partial charge in [-0.25, -0.2) is 0 Å². The third-order valence-corrected chi connectivity index (χ3v) is 3.50. The lowest BCUT2D eigenvalue weighted by Crippen LogP contribution is -2.30. The summed E-state index contributed by atoms with van der Waals surface area (Å²) < 4.78 is 0. The molecule has 1 fully saturated rings. The van der Waals surface area contributed by atoms with Crippen molar-refractivity contribution in [2.24, 2.45) is 5.92 Å². The summed E-state index contributed by atoms with van der Waals surface area (Å²) in [6.45, 7) is 0. The van der Waals surface area contributed by atoms with Gasteiger partial charge in [0.25, 0.3) is 5.91 Å². The normalized spacial score (nSPS) is 15.3. The van der Waals surface area contributed by atoms with Gasteiger partial charge >= 0.3 is 0 Å². The minimum Gasteiger partial charge on any atom is -0.344 e.